The molecule has 2 aliphatic heterocycles. The average Bonchev–Trinajstić information content (AvgIpc) is 3.31. The molecule has 1 saturated heterocycles. The fourth-order valence-corrected chi connectivity index (χ4v) is 7.06. The lowest BCUT2D eigenvalue weighted by atomic mass is 10.0. The monoisotopic (exact) mass is 642 g/mol. The summed E-state index contributed by atoms with van der Waals surface area (Å²) in [4.78, 5) is 46.2. The van der Waals surface area contributed by atoms with Crippen molar-refractivity contribution in [1.82, 2.24) is 15.2 Å². The van der Waals surface area contributed by atoms with E-state index in [-0.39, 0.29) is 31.0 Å². The minimum atomic E-state index is -4.55. The van der Waals surface area contributed by atoms with E-state index in [0.717, 1.165) is 35.2 Å². The Morgan fingerprint density at radius 3 is 2.73 bits per heavy atom. The zero-order valence-corrected chi connectivity index (χ0v) is 25.1. The van der Waals surface area contributed by atoms with Gasteiger partial charge in [0, 0.05) is 18.0 Å². The topological polar surface area (TPSA) is 121 Å². The van der Waals surface area contributed by atoms with Crippen molar-refractivity contribution in [3.05, 3.63) is 66.2 Å². The highest BCUT2D eigenvalue weighted by molar-refractivity contribution is 7.20. The van der Waals surface area contributed by atoms with Gasteiger partial charge in [-0.3, -0.25) is 9.59 Å². The van der Waals surface area contributed by atoms with E-state index in [9.17, 15) is 32.7 Å². The van der Waals surface area contributed by atoms with Crippen molar-refractivity contribution in [3.63, 3.8) is 0 Å². The molecule has 3 aromatic rings. The maximum Gasteiger partial charge on any atom is 0.416 e. The van der Waals surface area contributed by atoms with Crippen LogP contribution in [0.3, 0.4) is 0 Å². The van der Waals surface area contributed by atoms with Crippen molar-refractivity contribution in [2.75, 3.05) is 11.9 Å². The Bertz CT molecular complexity index is 1590. The molecule has 2 fully saturated rings. The molecule has 0 spiro atoms. The number of hydrogen-bond donors (Lipinski definition) is 3. The number of fused-ring (bicyclic) bond motifs is 3. The molecule has 3 aliphatic rings. The third-order valence-corrected chi connectivity index (χ3v) is 9.62. The van der Waals surface area contributed by atoms with Crippen LogP contribution in [0.1, 0.15) is 50.5 Å². The van der Waals surface area contributed by atoms with Crippen molar-refractivity contribution >= 4 is 45.0 Å². The Morgan fingerprint density at radius 1 is 1.13 bits per heavy atom. The Balaban J connectivity index is 1.30. The summed E-state index contributed by atoms with van der Waals surface area (Å²) in [5, 5.41) is 16.2. The van der Waals surface area contributed by atoms with Gasteiger partial charge in [-0.25, -0.2) is 9.78 Å². The van der Waals surface area contributed by atoms with Crippen LogP contribution in [0.5, 0.6) is 5.19 Å². The quantitative estimate of drug-likeness (QED) is 0.309. The number of anilines is 1. The predicted molar refractivity (Wildman–Crippen MR) is 162 cm³/mol. The zero-order valence-electron chi connectivity index (χ0n) is 24.3. The fraction of sp³-hybridized carbons (Fsp3) is 0.438. The Kier molecular flexibility index (Phi) is 8.47. The van der Waals surface area contributed by atoms with Crippen LogP contribution in [0.4, 0.5) is 18.9 Å². The third kappa shape index (κ3) is 6.63. The molecule has 2 aromatic carbocycles. The van der Waals surface area contributed by atoms with E-state index in [4.69, 9.17) is 4.74 Å². The molecule has 45 heavy (non-hydrogen) atoms. The van der Waals surface area contributed by atoms with E-state index in [2.05, 4.69) is 15.6 Å². The molecule has 238 valence electrons. The van der Waals surface area contributed by atoms with Crippen molar-refractivity contribution < 1.29 is 37.4 Å². The molecule has 2 amide bonds. The highest BCUT2D eigenvalue weighted by Gasteiger charge is 2.61. The third-order valence-electron chi connectivity index (χ3n) is 8.69. The highest BCUT2D eigenvalue weighted by atomic mass is 32.1. The zero-order chi connectivity index (χ0) is 31.8. The van der Waals surface area contributed by atoms with Gasteiger partial charge >= 0.3 is 12.1 Å². The van der Waals surface area contributed by atoms with Crippen LogP contribution in [0.2, 0.25) is 0 Å². The van der Waals surface area contributed by atoms with Gasteiger partial charge in [0.25, 0.3) is 5.19 Å². The van der Waals surface area contributed by atoms with E-state index in [1.807, 2.05) is 36.4 Å². The van der Waals surface area contributed by atoms with Crippen molar-refractivity contribution in [3.8, 4) is 5.19 Å². The Labute approximate surface area is 261 Å². The molecule has 1 aromatic heterocycles. The standard InChI is InChI=1S/C32H33F3N4O5S/c33-32(34,35)19-10-8-11-21(15-19)36-24-13-5-3-1-2-4-9-20-17-31(20,29(42)43)38-27(40)25-16-22(18-39(25)28(24)41)44-30-37-23-12-6-7-14-26(23)45-30/h4,6-12,14-15,20,22,24-25,36H,1-3,5,13,16-18H2,(H,38,40)(H,42,43)/t20-,22-,24+,25+,31-/m1/s1. The number of carbonyl (C=O) groups excluding carboxylic acids is 2. The van der Waals surface area contributed by atoms with Crippen LogP contribution in [0.25, 0.3) is 10.2 Å². The van der Waals surface area contributed by atoms with Gasteiger partial charge in [0.15, 0.2) is 0 Å². The molecule has 0 unspecified atom stereocenters. The number of allylic oxidation sites excluding steroid dienone is 1. The van der Waals surface area contributed by atoms with Crippen molar-refractivity contribution in [2.24, 2.45) is 5.92 Å². The number of para-hydroxylation sites is 1. The minimum Gasteiger partial charge on any atom is -0.479 e. The summed E-state index contributed by atoms with van der Waals surface area (Å²) in [7, 11) is 0. The maximum absolute atomic E-state index is 14.2. The molecule has 1 aliphatic carbocycles. The summed E-state index contributed by atoms with van der Waals surface area (Å²) in [6, 6.07) is 10.2. The van der Waals surface area contributed by atoms with Crippen molar-refractivity contribution in [2.45, 2.75) is 74.8 Å². The van der Waals surface area contributed by atoms with Gasteiger partial charge in [-0.15, -0.1) is 0 Å². The number of benzene rings is 2. The van der Waals surface area contributed by atoms with E-state index in [1.54, 1.807) is 0 Å². The fourth-order valence-electron chi connectivity index (χ4n) is 6.18. The highest BCUT2D eigenvalue weighted by Crippen LogP contribution is 2.45. The SMILES string of the molecule is O=C1N[C@]2(C(=O)O)C[C@H]2C=CCCCCC[C@H](Nc2cccc(C(F)(F)F)c2)C(=O)N2C[C@H](Oc3nc4ccccc4s3)C[C@@H]12. The Hall–Kier alpha value is -4.13. The number of carbonyl (C=O) groups is 3. The molecular weight excluding hydrogens is 609 g/mol. The molecule has 3 heterocycles. The van der Waals surface area contributed by atoms with Gasteiger partial charge in [-0.1, -0.05) is 54.5 Å². The lowest BCUT2D eigenvalue weighted by Crippen LogP contribution is -2.55. The van der Waals surface area contributed by atoms with Crippen LogP contribution in [-0.2, 0) is 20.6 Å². The van der Waals surface area contributed by atoms with Gasteiger partial charge in [0.2, 0.25) is 11.8 Å². The van der Waals surface area contributed by atoms with E-state index >= 15 is 0 Å². The number of aliphatic carboxylic acids is 1. The second kappa shape index (κ2) is 12.3. The Morgan fingerprint density at radius 2 is 1.96 bits per heavy atom. The number of nitrogens with zero attached hydrogens (tertiary/aromatic N) is 2. The summed E-state index contributed by atoms with van der Waals surface area (Å²) in [6.07, 6.45) is 2.15. The molecule has 3 N–H and O–H groups in total. The number of nitrogens with one attached hydrogen (secondary N) is 2. The summed E-state index contributed by atoms with van der Waals surface area (Å²) >= 11 is 1.34. The lowest BCUT2D eigenvalue weighted by molar-refractivity contribution is -0.145. The number of hydrogen-bond acceptors (Lipinski definition) is 7. The molecule has 1 saturated carbocycles. The van der Waals surface area contributed by atoms with Crippen LogP contribution in [0.15, 0.2) is 60.7 Å². The lowest BCUT2D eigenvalue weighted by Gasteiger charge is -2.30. The number of carboxylic acid groups (broad SMARTS) is 1. The van der Waals surface area contributed by atoms with Crippen LogP contribution in [-0.4, -0.2) is 63.0 Å². The molecule has 0 radical (unpaired) electrons. The molecule has 5 atom stereocenters. The van der Waals surface area contributed by atoms with Crippen molar-refractivity contribution in [1.29, 1.82) is 0 Å². The first-order valence-corrected chi connectivity index (χ1v) is 15.8. The van der Waals surface area contributed by atoms with Crippen LogP contribution in [0, 0.1) is 5.92 Å². The molecule has 9 nitrogen and oxygen atoms in total. The number of halogens is 3. The van der Waals surface area contributed by atoms with Gasteiger partial charge in [-0.2, -0.15) is 13.2 Å². The summed E-state index contributed by atoms with van der Waals surface area (Å²) in [5.41, 5.74) is -1.41. The van der Waals surface area contributed by atoms with Gasteiger partial charge in [0.05, 0.1) is 22.3 Å². The van der Waals surface area contributed by atoms with E-state index in [0.29, 0.717) is 24.5 Å². The summed E-state index contributed by atoms with van der Waals surface area (Å²) < 4.78 is 47.4. The maximum atomic E-state index is 14.2. The number of amides is 2. The molecule has 6 rings (SSSR count). The van der Waals surface area contributed by atoms with E-state index < -0.39 is 53.2 Å². The molecular formula is C32H33F3N4O5S. The first-order chi connectivity index (χ1) is 21.5. The first kappa shape index (κ1) is 30.9. The molecule has 13 heteroatoms. The smallest absolute Gasteiger partial charge is 0.416 e. The average molecular weight is 643 g/mol. The summed E-state index contributed by atoms with van der Waals surface area (Å²) in [6.45, 7) is 0.0248. The van der Waals surface area contributed by atoms with Gasteiger partial charge < -0.3 is 25.4 Å². The van der Waals surface area contributed by atoms with Gasteiger partial charge in [-0.05, 0) is 56.0 Å². The second-order valence-electron chi connectivity index (χ2n) is 11.8. The normalized spacial score (nSPS) is 27.6. The largest absolute Gasteiger partial charge is 0.479 e. The first-order valence-electron chi connectivity index (χ1n) is 15.0. The number of alkyl halides is 3. The number of thiazole rings is 1. The van der Waals surface area contributed by atoms with Crippen LogP contribution < -0.4 is 15.4 Å². The van der Waals surface area contributed by atoms with Gasteiger partial charge in [0.1, 0.15) is 23.7 Å². The second-order valence-corrected chi connectivity index (χ2v) is 12.8. The number of rotatable bonds is 5. The predicted octanol–water partition coefficient (Wildman–Crippen LogP) is 5.62. The minimum absolute atomic E-state index is 0.0248. The van der Waals surface area contributed by atoms with E-state index in [1.165, 1.54) is 28.4 Å². The number of carboxylic acids is 1. The number of ether oxygens (including phenoxy) is 1. The summed E-state index contributed by atoms with van der Waals surface area (Å²) in [5.74, 6) is -2.57. The van der Waals surface area contributed by atoms with Crippen LogP contribution >= 0.6 is 11.3 Å². The number of aromatic nitrogens is 1. The molecule has 0 bridgehead atoms.